The Hall–Kier alpha value is -2.44. The average molecular weight is 370 g/mol. The number of aliphatic carboxylic acids is 1. The van der Waals surface area contributed by atoms with Crippen LogP contribution in [0.3, 0.4) is 0 Å². The van der Waals surface area contributed by atoms with E-state index in [1.54, 1.807) is 17.2 Å². The standard InChI is InChI=1S/C20H26N4O3/c1-4-12(3)24-18-15(8-21-24)14(7-11(2)22-18)19(25)23-9-16(13-5-6-13)17(10-23)20(26)27/h7-8,12-13,16-17H,4-6,9-10H2,1-3H3,(H,26,27)/t12?,16-,17+/m1/s1. The number of nitrogens with zero attached hydrogens (tertiary/aromatic N) is 4. The molecule has 2 aromatic heterocycles. The second-order valence-electron chi connectivity index (χ2n) is 8.05. The number of hydrogen-bond donors (Lipinski definition) is 1. The van der Waals surface area contributed by atoms with Crippen LogP contribution in [-0.2, 0) is 4.79 Å². The van der Waals surface area contributed by atoms with Gasteiger partial charge in [-0.2, -0.15) is 5.10 Å². The first-order valence-electron chi connectivity index (χ1n) is 9.77. The Labute approximate surface area is 158 Å². The lowest BCUT2D eigenvalue weighted by Gasteiger charge is -2.17. The van der Waals surface area contributed by atoms with Gasteiger partial charge in [-0.25, -0.2) is 9.67 Å². The van der Waals surface area contributed by atoms with Gasteiger partial charge in [0.05, 0.1) is 29.1 Å². The third-order valence-electron chi connectivity index (χ3n) is 6.13. The molecule has 144 valence electrons. The molecule has 0 aromatic carbocycles. The molecule has 7 heteroatoms. The van der Waals surface area contributed by atoms with E-state index in [4.69, 9.17) is 0 Å². The van der Waals surface area contributed by atoms with Gasteiger partial charge in [-0.05, 0) is 51.0 Å². The third kappa shape index (κ3) is 3.09. The third-order valence-corrected chi connectivity index (χ3v) is 6.13. The molecule has 3 heterocycles. The van der Waals surface area contributed by atoms with E-state index in [1.807, 2.05) is 11.6 Å². The Morgan fingerprint density at radius 3 is 2.70 bits per heavy atom. The van der Waals surface area contributed by atoms with Crippen LogP contribution in [0.1, 0.15) is 55.2 Å². The first kappa shape index (κ1) is 17.9. The number of hydrogen-bond acceptors (Lipinski definition) is 4. The fourth-order valence-corrected chi connectivity index (χ4v) is 4.24. The largest absolute Gasteiger partial charge is 0.481 e. The summed E-state index contributed by atoms with van der Waals surface area (Å²) in [5.41, 5.74) is 2.07. The highest BCUT2D eigenvalue weighted by molar-refractivity contribution is 6.05. The summed E-state index contributed by atoms with van der Waals surface area (Å²) in [6, 6.07) is 2.00. The van der Waals surface area contributed by atoms with E-state index in [0.717, 1.165) is 36.0 Å². The smallest absolute Gasteiger partial charge is 0.308 e. The summed E-state index contributed by atoms with van der Waals surface area (Å²) in [4.78, 5) is 31.3. The normalized spacial score (nSPS) is 23.7. The monoisotopic (exact) mass is 370 g/mol. The molecule has 1 saturated heterocycles. The van der Waals surface area contributed by atoms with Crippen LogP contribution in [-0.4, -0.2) is 49.7 Å². The van der Waals surface area contributed by atoms with Gasteiger partial charge in [-0.1, -0.05) is 6.92 Å². The average Bonchev–Trinajstić information content (AvgIpc) is 3.24. The zero-order valence-electron chi connectivity index (χ0n) is 16.1. The molecule has 2 fully saturated rings. The van der Waals surface area contributed by atoms with Crippen molar-refractivity contribution >= 4 is 22.9 Å². The predicted octanol–water partition coefficient (Wildman–Crippen LogP) is 2.89. The summed E-state index contributed by atoms with van der Waals surface area (Å²) >= 11 is 0. The Balaban J connectivity index is 1.69. The van der Waals surface area contributed by atoms with Crippen molar-refractivity contribution in [2.45, 2.75) is 46.1 Å². The fraction of sp³-hybridized carbons (Fsp3) is 0.600. The summed E-state index contributed by atoms with van der Waals surface area (Å²) < 4.78 is 1.87. The Morgan fingerprint density at radius 2 is 2.07 bits per heavy atom. The number of pyridine rings is 1. The molecule has 1 saturated carbocycles. The van der Waals surface area contributed by atoms with E-state index >= 15 is 0 Å². The molecule has 27 heavy (non-hydrogen) atoms. The maximum atomic E-state index is 13.3. The highest BCUT2D eigenvalue weighted by Crippen LogP contribution is 2.44. The van der Waals surface area contributed by atoms with Crippen molar-refractivity contribution < 1.29 is 14.7 Å². The number of carbonyl (C=O) groups excluding carboxylic acids is 1. The number of carbonyl (C=O) groups is 2. The SMILES string of the molecule is CCC(C)n1ncc2c(C(=O)N3C[C@H](C(=O)O)[C@@H](C4CC4)C3)cc(C)nc21. The molecule has 1 unspecified atom stereocenters. The number of rotatable bonds is 5. The second-order valence-corrected chi connectivity index (χ2v) is 8.05. The number of amides is 1. The number of carboxylic acids is 1. The van der Waals surface area contributed by atoms with Gasteiger partial charge >= 0.3 is 5.97 Å². The van der Waals surface area contributed by atoms with Gasteiger partial charge in [0, 0.05) is 18.8 Å². The highest BCUT2D eigenvalue weighted by atomic mass is 16.4. The van der Waals surface area contributed by atoms with Crippen LogP contribution in [0, 0.1) is 24.7 Å². The Kier molecular flexibility index (Phi) is 4.40. The van der Waals surface area contributed by atoms with Crippen LogP contribution >= 0.6 is 0 Å². The number of aromatic nitrogens is 3. The number of fused-ring (bicyclic) bond motifs is 1. The first-order valence-corrected chi connectivity index (χ1v) is 9.77. The molecule has 1 amide bonds. The van der Waals surface area contributed by atoms with Crippen LogP contribution in [0.4, 0.5) is 0 Å². The highest BCUT2D eigenvalue weighted by Gasteiger charge is 2.47. The summed E-state index contributed by atoms with van der Waals surface area (Å²) in [5.74, 6) is -0.821. The minimum atomic E-state index is -0.789. The van der Waals surface area contributed by atoms with E-state index in [2.05, 4.69) is 23.9 Å². The summed E-state index contributed by atoms with van der Waals surface area (Å²) in [5, 5.41) is 14.8. The molecule has 2 aromatic rings. The van der Waals surface area contributed by atoms with E-state index in [-0.39, 0.29) is 24.4 Å². The van der Waals surface area contributed by atoms with Crippen LogP contribution in [0.25, 0.3) is 11.0 Å². The molecule has 1 N–H and O–H groups in total. The van der Waals surface area contributed by atoms with Crippen LogP contribution < -0.4 is 0 Å². The zero-order chi connectivity index (χ0) is 19.3. The molecule has 1 aliphatic carbocycles. The van der Waals surface area contributed by atoms with Gasteiger partial charge in [-0.3, -0.25) is 9.59 Å². The van der Waals surface area contributed by atoms with Crippen LogP contribution in [0.15, 0.2) is 12.3 Å². The zero-order valence-corrected chi connectivity index (χ0v) is 16.1. The van der Waals surface area contributed by atoms with E-state index < -0.39 is 11.9 Å². The number of aryl methyl sites for hydroxylation is 1. The molecule has 0 spiro atoms. The minimum Gasteiger partial charge on any atom is -0.481 e. The van der Waals surface area contributed by atoms with Crippen LogP contribution in [0.2, 0.25) is 0 Å². The Bertz CT molecular complexity index is 902. The predicted molar refractivity (Wildman–Crippen MR) is 101 cm³/mol. The van der Waals surface area contributed by atoms with E-state index in [1.165, 1.54) is 0 Å². The Morgan fingerprint density at radius 1 is 1.33 bits per heavy atom. The molecular formula is C20H26N4O3. The molecule has 3 atom stereocenters. The van der Waals surface area contributed by atoms with Gasteiger partial charge in [0.25, 0.3) is 5.91 Å². The topological polar surface area (TPSA) is 88.3 Å². The number of likely N-dealkylation sites (tertiary alicyclic amines) is 1. The minimum absolute atomic E-state index is 0.0766. The van der Waals surface area contributed by atoms with Crippen molar-refractivity contribution in [3.63, 3.8) is 0 Å². The molecule has 2 aliphatic rings. The lowest BCUT2D eigenvalue weighted by atomic mass is 9.92. The van der Waals surface area contributed by atoms with Gasteiger partial charge < -0.3 is 10.0 Å². The quantitative estimate of drug-likeness (QED) is 0.874. The number of carboxylic acid groups (broad SMARTS) is 1. The molecule has 4 rings (SSSR count). The summed E-state index contributed by atoms with van der Waals surface area (Å²) in [6.07, 6.45) is 4.79. The van der Waals surface area contributed by atoms with E-state index in [9.17, 15) is 14.7 Å². The lowest BCUT2D eigenvalue weighted by molar-refractivity contribution is -0.142. The van der Waals surface area contributed by atoms with Crippen molar-refractivity contribution in [1.29, 1.82) is 0 Å². The van der Waals surface area contributed by atoms with Gasteiger partial charge in [-0.15, -0.1) is 0 Å². The first-order chi connectivity index (χ1) is 12.9. The fourth-order valence-electron chi connectivity index (χ4n) is 4.24. The molecule has 7 nitrogen and oxygen atoms in total. The van der Waals surface area contributed by atoms with Gasteiger partial charge in [0.1, 0.15) is 0 Å². The lowest BCUT2D eigenvalue weighted by Crippen LogP contribution is -2.30. The van der Waals surface area contributed by atoms with Crippen molar-refractivity contribution in [2.24, 2.45) is 17.8 Å². The molecule has 0 radical (unpaired) electrons. The molecular weight excluding hydrogens is 344 g/mol. The van der Waals surface area contributed by atoms with Gasteiger partial charge in [0.15, 0.2) is 5.65 Å². The van der Waals surface area contributed by atoms with Crippen molar-refractivity contribution in [2.75, 3.05) is 13.1 Å². The summed E-state index contributed by atoms with van der Waals surface area (Å²) in [7, 11) is 0. The molecule has 1 aliphatic heterocycles. The van der Waals surface area contributed by atoms with Crippen molar-refractivity contribution in [3.8, 4) is 0 Å². The van der Waals surface area contributed by atoms with Crippen molar-refractivity contribution in [3.05, 3.63) is 23.5 Å². The molecule has 0 bridgehead atoms. The van der Waals surface area contributed by atoms with Crippen molar-refractivity contribution in [1.82, 2.24) is 19.7 Å². The maximum absolute atomic E-state index is 13.3. The maximum Gasteiger partial charge on any atom is 0.308 e. The van der Waals surface area contributed by atoms with E-state index in [0.29, 0.717) is 18.0 Å². The second kappa shape index (κ2) is 6.62. The van der Waals surface area contributed by atoms with Gasteiger partial charge in [0.2, 0.25) is 0 Å². The summed E-state index contributed by atoms with van der Waals surface area (Å²) in [6.45, 7) is 6.87. The van der Waals surface area contributed by atoms with Crippen LogP contribution in [0.5, 0.6) is 0 Å².